The van der Waals surface area contributed by atoms with E-state index in [1.165, 1.54) is 11.1 Å². The molecule has 2 aromatic rings. The molecule has 5 heteroatoms. The van der Waals surface area contributed by atoms with E-state index in [1.807, 2.05) is 0 Å². The van der Waals surface area contributed by atoms with Gasteiger partial charge in [0.05, 0.1) is 12.8 Å². The number of methoxy groups -OCH3 is 1. The van der Waals surface area contributed by atoms with Crippen LogP contribution in [-0.2, 0) is 11.2 Å². The van der Waals surface area contributed by atoms with Gasteiger partial charge in [-0.15, -0.1) is 12.4 Å². The highest BCUT2D eigenvalue weighted by atomic mass is 35.5. The van der Waals surface area contributed by atoms with Crippen molar-refractivity contribution in [2.45, 2.75) is 32.6 Å². The molecule has 0 radical (unpaired) electrons. The van der Waals surface area contributed by atoms with E-state index in [1.54, 1.807) is 25.3 Å². The van der Waals surface area contributed by atoms with Gasteiger partial charge in [-0.05, 0) is 49.9 Å². The quantitative estimate of drug-likeness (QED) is 0.577. The molecule has 3 N–H and O–H groups in total. The van der Waals surface area contributed by atoms with Crippen LogP contribution in [0.5, 0.6) is 5.75 Å². The van der Waals surface area contributed by atoms with Crippen LogP contribution in [0.25, 0.3) is 0 Å². The normalized spacial score (nSPS) is 9.92. The topological polar surface area (TPSA) is 64.3 Å². The van der Waals surface area contributed by atoms with Crippen molar-refractivity contribution < 1.29 is 9.53 Å². The molecule has 24 heavy (non-hydrogen) atoms. The lowest BCUT2D eigenvalue weighted by molar-refractivity contribution is -0.116. The summed E-state index contributed by atoms with van der Waals surface area (Å²) in [4.78, 5) is 12.0. The maximum Gasteiger partial charge on any atom is 0.224 e. The van der Waals surface area contributed by atoms with Crippen LogP contribution in [0.15, 0.2) is 42.5 Å². The van der Waals surface area contributed by atoms with Gasteiger partial charge < -0.3 is 15.8 Å². The summed E-state index contributed by atoms with van der Waals surface area (Å²) < 4.78 is 5.10. The van der Waals surface area contributed by atoms with Gasteiger partial charge in [-0.25, -0.2) is 0 Å². The molecule has 2 aromatic carbocycles. The maximum absolute atomic E-state index is 12.0. The molecule has 0 saturated carbocycles. The lowest BCUT2D eigenvalue weighted by Gasteiger charge is -2.09. The average Bonchev–Trinajstić information content (AvgIpc) is 2.53. The predicted molar refractivity (Wildman–Crippen MR) is 102 cm³/mol. The average molecular weight is 349 g/mol. The molecule has 4 nitrogen and oxygen atoms in total. The summed E-state index contributed by atoms with van der Waals surface area (Å²) in [6.07, 6.45) is 3.38. The van der Waals surface area contributed by atoms with Crippen molar-refractivity contribution >= 4 is 29.7 Å². The van der Waals surface area contributed by atoms with Gasteiger partial charge in [-0.2, -0.15) is 0 Å². The van der Waals surface area contributed by atoms with Crippen molar-refractivity contribution in [1.29, 1.82) is 0 Å². The number of rotatable bonds is 7. The van der Waals surface area contributed by atoms with Crippen molar-refractivity contribution in [2.75, 3.05) is 18.2 Å². The number of hydrogen-bond acceptors (Lipinski definition) is 3. The second-order valence-electron chi connectivity index (χ2n) is 5.70. The Balaban J connectivity index is 0.00000288. The summed E-state index contributed by atoms with van der Waals surface area (Å²) in [7, 11) is 1.57. The summed E-state index contributed by atoms with van der Waals surface area (Å²) in [6.45, 7) is 2.08. The number of halogens is 1. The van der Waals surface area contributed by atoms with Crippen LogP contribution < -0.4 is 15.8 Å². The summed E-state index contributed by atoms with van der Waals surface area (Å²) in [5.41, 5.74) is 9.64. The Kier molecular flexibility index (Phi) is 8.13. The molecule has 0 spiro atoms. The van der Waals surface area contributed by atoms with Crippen LogP contribution in [0.1, 0.15) is 30.4 Å². The number of nitrogen functional groups attached to an aromatic ring is 1. The molecule has 0 fully saturated rings. The number of nitrogens with one attached hydrogen (secondary N) is 1. The molecule has 0 aliphatic carbocycles. The minimum Gasteiger partial charge on any atom is -0.495 e. The summed E-state index contributed by atoms with van der Waals surface area (Å²) in [5.74, 6) is 0.625. The van der Waals surface area contributed by atoms with Crippen LogP contribution in [0.2, 0.25) is 0 Å². The van der Waals surface area contributed by atoms with Gasteiger partial charge in [0.15, 0.2) is 0 Å². The van der Waals surface area contributed by atoms with Gasteiger partial charge in [0.1, 0.15) is 5.75 Å². The molecule has 0 aromatic heterocycles. The van der Waals surface area contributed by atoms with Crippen LogP contribution in [0.3, 0.4) is 0 Å². The molecule has 0 aliphatic heterocycles. The van der Waals surface area contributed by atoms with E-state index in [-0.39, 0.29) is 18.3 Å². The predicted octanol–water partition coefficient (Wildman–Crippen LogP) is 4.36. The fourth-order valence-electron chi connectivity index (χ4n) is 2.41. The lowest BCUT2D eigenvalue weighted by atomic mass is 10.1. The van der Waals surface area contributed by atoms with Gasteiger partial charge in [0.2, 0.25) is 5.91 Å². The lowest BCUT2D eigenvalue weighted by Crippen LogP contribution is -2.11. The number of carbonyl (C=O) groups excluding carboxylic acids is 1. The van der Waals surface area contributed by atoms with Crippen LogP contribution in [-0.4, -0.2) is 13.0 Å². The van der Waals surface area contributed by atoms with Crippen molar-refractivity contribution in [3.63, 3.8) is 0 Å². The van der Waals surface area contributed by atoms with Crippen molar-refractivity contribution in [1.82, 2.24) is 0 Å². The summed E-state index contributed by atoms with van der Waals surface area (Å²) in [6, 6.07) is 13.8. The summed E-state index contributed by atoms with van der Waals surface area (Å²) >= 11 is 0. The highest BCUT2D eigenvalue weighted by Crippen LogP contribution is 2.24. The highest BCUT2D eigenvalue weighted by Gasteiger charge is 2.05. The van der Waals surface area contributed by atoms with Gasteiger partial charge >= 0.3 is 0 Å². The Hall–Kier alpha value is -2.20. The van der Waals surface area contributed by atoms with Crippen LogP contribution in [0, 0.1) is 6.92 Å². The third kappa shape index (κ3) is 6.13. The number of amides is 1. The number of unbranched alkanes of at least 4 members (excludes halogenated alkanes) is 1. The molecule has 0 unspecified atom stereocenters. The number of hydrogen-bond donors (Lipinski definition) is 2. The number of nitrogens with two attached hydrogens (primary N) is 1. The molecular formula is C19H25ClN2O2. The van der Waals surface area contributed by atoms with E-state index < -0.39 is 0 Å². The summed E-state index contributed by atoms with van der Waals surface area (Å²) in [5, 5.41) is 2.87. The first-order valence-electron chi connectivity index (χ1n) is 7.87. The third-order valence-corrected chi connectivity index (χ3v) is 3.75. The fourth-order valence-corrected chi connectivity index (χ4v) is 2.41. The minimum absolute atomic E-state index is 0. The molecule has 130 valence electrons. The molecule has 1 amide bonds. The highest BCUT2D eigenvalue weighted by molar-refractivity contribution is 5.91. The van der Waals surface area contributed by atoms with E-state index in [0.717, 1.165) is 19.3 Å². The first-order valence-corrected chi connectivity index (χ1v) is 7.87. The SMILES string of the molecule is COc1ccc(NC(=O)CCCCc2ccc(C)cc2)cc1N.Cl. The Labute approximate surface area is 149 Å². The van der Waals surface area contributed by atoms with E-state index in [4.69, 9.17) is 10.5 Å². The Morgan fingerprint density at radius 2 is 1.83 bits per heavy atom. The van der Waals surface area contributed by atoms with Gasteiger partial charge in [-0.1, -0.05) is 29.8 Å². The number of ether oxygens (including phenoxy) is 1. The first kappa shape index (κ1) is 19.8. The van der Waals surface area contributed by atoms with Crippen LogP contribution in [0.4, 0.5) is 11.4 Å². The monoisotopic (exact) mass is 348 g/mol. The van der Waals surface area contributed by atoms with Crippen molar-refractivity contribution in [3.8, 4) is 5.75 Å². The molecule has 0 saturated heterocycles. The van der Waals surface area contributed by atoms with E-state index in [0.29, 0.717) is 23.5 Å². The standard InChI is InChI=1S/C19H24N2O2.ClH/c1-14-7-9-15(10-8-14)5-3-4-6-19(22)21-16-11-12-18(23-2)17(20)13-16;/h7-13H,3-6,20H2,1-2H3,(H,21,22);1H. The molecular weight excluding hydrogens is 324 g/mol. The Morgan fingerprint density at radius 1 is 1.12 bits per heavy atom. The van der Waals surface area contributed by atoms with Crippen molar-refractivity contribution in [2.24, 2.45) is 0 Å². The minimum atomic E-state index is 0. The molecule has 2 rings (SSSR count). The number of aryl methyl sites for hydroxylation is 2. The largest absolute Gasteiger partial charge is 0.495 e. The van der Waals surface area contributed by atoms with Crippen molar-refractivity contribution in [3.05, 3.63) is 53.6 Å². The number of carbonyl (C=O) groups is 1. The van der Waals surface area contributed by atoms with Crippen LogP contribution >= 0.6 is 12.4 Å². The zero-order chi connectivity index (χ0) is 16.7. The zero-order valence-corrected chi connectivity index (χ0v) is 15.0. The van der Waals surface area contributed by atoms with E-state index in [2.05, 4.69) is 36.5 Å². The number of benzene rings is 2. The first-order chi connectivity index (χ1) is 11.1. The number of anilines is 2. The molecule has 0 aliphatic rings. The maximum atomic E-state index is 12.0. The van der Waals surface area contributed by atoms with Gasteiger partial charge in [-0.3, -0.25) is 4.79 Å². The van der Waals surface area contributed by atoms with Gasteiger partial charge in [0, 0.05) is 12.1 Å². The Morgan fingerprint density at radius 3 is 2.46 bits per heavy atom. The Bertz CT molecular complexity index is 657. The second-order valence-corrected chi connectivity index (χ2v) is 5.70. The molecule has 0 atom stereocenters. The third-order valence-electron chi connectivity index (χ3n) is 3.75. The molecule has 0 heterocycles. The fraction of sp³-hybridized carbons (Fsp3) is 0.316. The smallest absolute Gasteiger partial charge is 0.224 e. The van der Waals surface area contributed by atoms with Gasteiger partial charge in [0.25, 0.3) is 0 Å². The van der Waals surface area contributed by atoms with E-state index >= 15 is 0 Å². The van der Waals surface area contributed by atoms with E-state index in [9.17, 15) is 4.79 Å². The zero-order valence-electron chi connectivity index (χ0n) is 14.2. The molecule has 0 bridgehead atoms. The second kappa shape index (κ2) is 9.83.